The van der Waals surface area contributed by atoms with E-state index in [1.807, 2.05) is 13.8 Å². The van der Waals surface area contributed by atoms with Gasteiger partial charge in [0.1, 0.15) is 0 Å². The van der Waals surface area contributed by atoms with Gasteiger partial charge in [0, 0.05) is 31.2 Å². The molecule has 2 aliphatic carbocycles. The molecule has 2 aromatic heterocycles. The minimum absolute atomic E-state index is 0.0722. The fourth-order valence-electron chi connectivity index (χ4n) is 5.50. The van der Waals surface area contributed by atoms with E-state index in [0.29, 0.717) is 35.7 Å². The molecule has 2 fully saturated rings. The van der Waals surface area contributed by atoms with Crippen molar-refractivity contribution in [2.45, 2.75) is 70.9 Å². The van der Waals surface area contributed by atoms with Crippen molar-refractivity contribution in [3.8, 4) is 0 Å². The third kappa shape index (κ3) is 3.36. The van der Waals surface area contributed by atoms with E-state index in [2.05, 4.69) is 15.4 Å². The first-order valence-corrected chi connectivity index (χ1v) is 10.4. The van der Waals surface area contributed by atoms with Gasteiger partial charge in [0.2, 0.25) is 5.91 Å². The Morgan fingerprint density at radius 3 is 2.64 bits per heavy atom. The zero-order valence-corrected chi connectivity index (χ0v) is 17.0. The molecule has 0 aliphatic heterocycles. The van der Waals surface area contributed by atoms with Crippen molar-refractivity contribution < 1.29 is 4.79 Å². The van der Waals surface area contributed by atoms with Gasteiger partial charge in [-0.1, -0.05) is 6.42 Å². The summed E-state index contributed by atoms with van der Waals surface area (Å²) in [5.74, 6) is 1.14. The lowest BCUT2D eigenvalue weighted by molar-refractivity contribution is -0.123. The monoisotopic (exact) mass is 385 g/mol. The maximum atomic E-state index is 12.7. The van der Waals surface area contributed by atoms with E-state index >= 15 is 0 Å². The number of nitrogens with two attached hydrogens (primary N) is 1. The zero-order chi connectivity index (χ0) is 20.0. The van der Waals surface area contributed by atoms with Crippen LogP contribution in [0.5, 0.6) is 0 Å². The molecule has 2 saturated carbocycles. The molecule has 2 unspecified atom stereocenters. The maximum absolute atomic E-state index is 12.7. The van der Waals surface area contributed by atoms with Crippen LogP contribution in [0.3, 0.4) is 0 Å². The molecule has 2 heterocycles. The number of hydrogen-bond donors (Lipinski definition) is 3. The van der Waals surface area contributed by atoms with Crippen molar-refractivity contribution in [2.75, 3.05) is 0 Å². The van der Waals surface area contributed by atoms with Crippen molar-refractivity contribution in [3.05, 3.63) is 27.2 Å². The second-order valence-corrected chi connectivity index (χ2v) is 8.78. The molecule has 1 amide bonds. The number of aromatic amines is 1. The summed E-state index contributed by atoms with van der Waals surface area (Å²) in [6, 6.07) is 0.566. The van der Waals surface area contributed by atoms with Gasteiger partial charge in [-0.15, -0.1) is 0 Å². The highest BCUT2D eigenvalue weighted by atomic mass is 16.1. The third-order valence-corrected chi connectivity index (χ3v) is 6.88. The Balaban J connectivity index is 1.47. The van der Waals surface area contributed by atoms with E-state index in [-0.39, 0.29) is 23.6 Å². The second kappa shape index (κ2) is 7.35. The first kappa shape index (κ1) is 19.2. The Morgan fingerprint density at radius 2 is 1.96 bits per heavy atom. The molecule has 4 rings (SSSR count). The SMILES string of the molecule is Cc1nc2[nH]n(C)c(=O)c2c(C)c1CCC(=O)NC1C2CCCC1CC(N)C2. The molecule has 0 saturated heterocycles. The minimum Gasteiger partial charge on any atom is -0.353 e. The summed E-state index contributed by atoms with van der Waals surface area (Å²) < 4.78 is 1.45. The average molecular weight is 386 g/mol. The summed E-state index contributed by atoms with van der Waals surface area (Å²) in [6.45, 7) is 3.89. The van der Waals surface area contributed by atoms with E-state index in [4.69, 9.17) is 5.73 Å². The fraction of sp³-hybridized carbons (Fsp3) is 0.667. The molecule has 0 spiro atoms. The predicted molar refractivity (Wildman–Crippen MR) is 109 cm³/mol. The number of rotatable bonds is 4. The Kier molecular flexibility index (Phi) is 5.04. The molecule has 152 valence electrons. The lowest BCUT2D eigenvalue weighted by atomic mass is 9.67. The number of H-pyrrole nitrogens is 1. The van der Waals surface area contributed by atoms with Crippen LogP contribution in [-0.4, -0.2) is 32.8 Å². The van der Waals surface area contributed by atoms with Gasteiger partial charge in [-0.25, -0.2) is 4.98 Å². The van der Waals surface area contributed by atoms with Gasteiger partial charge in [0.25, 0.3) is 5.56 Å². The number of carbonyl (C=O) groups is 1. The highest BCUT2D eigenvalue weighted by Gasteiger charge is 2.39. The van der Waals surface area contributed by atoms with E-state index < -0.39 is 0 Å². The molecular weight excluding hydrogens is 354 g/mol. The van der Waals surface area contributed by atoms with Crippen LogP contribution < -0.4 is 16.6 Å². The number of carbonyl (C=O) groups excluding carboxylic acids is 1. The molecule has 2 bridgehead atoms. The smallest absolute Gasteiger partial charge is 0.276 e. The molecule has 2 aliphatic rings. The van der Waals surface area contributed by atoms with Crippen molar-refractivity contribution in [1.82, 2.24) is 20.1 Å². The molecule has 7 nitrogen and oxygen atoms in total. The highest BCUT2D eigenvalue weighted by molar-refractivity contribution is 5.80. The number of aryl methyl sites for hydroxylation is 3. The molecule has 28 heavy (non-hydrogen) atoms. The fourth-order valence-corrected chi connectivity index (χ4v) is 5.50. The van der Waals surface area contributed by atoms with Gasteiger partial charge in [0.05, 0.1) is 5.39 Å². The van der Waals surface area contributed by atoms with Crippen molar-refractivity contribution in [3.63, 3.8) is 0 Å². The summed E-state index contributed by atoms with van der Waals surface area (Å²) in [4.78, 5) is 29.6. The number of nitrogens with zero attached hydrogens (tertiary/aromatic N) is 2. The Labute approximate surface area is 165 Å². The molecule has 0 aromatic carbocycles. The van der Waals surface area contributed by atoms with Crippen LogP contribution in [-0.2, 0) is 18.3 Å². The van der Waals surface area contributed by atoms with Gasteiger partial charge in [-0.3, -0.25) is 19.4 Å². The first-order valence-electron chi connectivity index (χ1n) is 10.4. The summed E-state index contributed by atoms with van der Waals surface area (Å²) >= 11 is 0. The summed E-state index contributed by atoms with van der Waals surface area (Å²) in [6.07, 6.45) is 6.66. The number of hydrogen-bond acceptors (Lipinski definition) is 4. The van der Waals surface area contributed by atoms with E-state index in [1.54, 1.807) is 7.05 Å². The van der Waals surface area contributed by atoms with Gasteiger partial charge in [-0.2, -0.15) is 0 Å². The number of fused-ring (bicyclic) bond motifs is 3. The van der Waals surface area contributed by atoms with Crippen molar-refractivity contribution in [2.24, 2.45) is 24.6 Å². The predicted octanol–water partition coefficient (Wildman–Crippen LogP) is 1.83. The molecule has 4 N–H and O–H groups in total. The Hall–Kier alpha value is -2.15. The normalized spacial score (nSPS) is 27.1. The number of amides is 1. The molecule has 0 radical (unpaired) electrons. The van der Waals surface area contributed by atoms with Gasteiger partial charge in [0.15, 0.2) is 5.65 Å². The van der Waals surface area contributed by atoms with Crippen LogP contribution in [0.2, 0.25) is 0 Å². The number of aromatic nitrogens is 3. The van der Waals surface area contributed by atoms with Crippen LogP contribution in [0.15, 0.2) is 4.79 Å². The summed E-state index contributed by atoms with van der Waals surface area (Å²) in [7, 11) is 1.69. The standard InChI is InChI=1S/C21H31N5O2/c1-11-16(12(2)23-20-18(11)21(28)26(3)25-20)7-8-17(27)24-19-13-5-4-6-14(19)10-15(22)9-13/h13-15,19H,4-10,22H2,1-3H3,(H,23,25)(H,24,27). The van der Waals surface area contributed by atoms with Gasteiger partial charge in [-0.05, 0) is 68.9 Å². The van der Waals surface area contributed by atoms with Crippen molar-refractivity contribution >= 4 is 16.9 Å². The lowest BCUT2D eigenvalue weighted by Crippen LogP contribution is -2.53. The van der Waals surface area contributed by atoms with Gasteiger partial charge < -0.3 is 11.1 Å². The first-order chi connectivity index (χ1) is 13.3. The van der Waals surface area contributed by atoms with Crippen LogP contribution >= 0.6 is 0 Å². The number of pyridine rings is 1. The molecular formula is C21H31N5O2. The zero-order valence-electron chi connectivity index (χ0n) is 17.0. The summed E-state index contributed by atoms with van der Waals surface area (Å²) in [5, 5.41) is 6.93. The lowest BCUT2D eigenvalue weighted by Gasteiger charge is -2.45. The molecule has 7 heteroatoms. The maximum Gasteiger partial charge on any atom is 0.276 e. The highest BCUT2D eigenvalue weighted by Crippen LogP contribution is 2.39. The average Bonchev–Trinajstić information content (AvgIpc) is 2.89. The van der Waals surface area contributed by atoms with E-state index in [0.717, 1.165) is 29.7 Å². The second-order valence-electron chi connectivity index (χ2n) is 8.78. The topological polar surface area (TPSA) is 106 Å². The van der Waals surface area contributed by atoms with Crippen LogP contribution in [0, 0.1) is 25.7 Å². The quantitative estimate of drug-likeness (QED) is 0.746. The Bertz CT molecular complexity index is 946. The van der Waals surface area contributed by atoms with Crippen molar-refractivity contribution in [1.29, 1.82) is 0 Å². The summed E-state index contributed by atoms with van der Waals surface area (Å²) in [5.41, 5.74) is 9.55. The van der Waals surface area contributed by atoms with Gasteiger partial charge >= 0.3 is 0 Å². The van der Waals surface area contributed by atoms with Crippen LogP contribution in [0.4, 0.5) is 0 Å². The largest absolute Gasteiger partial charge is 0.353 e. The number of nitrogens with one attached hydrogen (secondary N) is 2. The third-order valence-electron chi connectivity index (χ3n) is 6.88. The van der Waals surface area contributed by atoms with Crippen LogP contribution in [0.25, 0.3) is 11.0 Å². The molecule has 2 atom stereocenters. The van der Waals surface area contributed by atoms with Crippen LogP contribution in [0.1, 0.15) is 55.3 Å². The molecule has 2 aromatic rings. The minimum atomic E-state index is -0.0722. The Morgan fingerprint density at radius 1 is 1.29 bits per heavy atom. The van der Waals surface area contributed by atoms with E-state index in [9.17, 15) is 9.59 Å². The van der Waals surface area contributed by atoms with E-state index in [1.165, 1.54) is 23.9 Å².